The van der Waals surface area contributed by atoms with Crippen LogP contribution in [0.15, 0.2) is 47.4 Å². The number of rotatable bonds is 4. The maximum absolute atomic E-state index is 11.3. The second-order valence-corrected chi connectivity index (χ2v) is 5.84. The largest absolute Gasteiger partial charge is 0.457 e. The fourth-order valence-corrected chi connectivity index (χ4v) is 2.52. The molecule has 106 valence electrons. The Balaban J connectivity index is 2.34. The first-order chi connectivity index (χ1) is 9.41. The van der Waals surface area contributed by atoms with Crippen LogP contribution in [0.5, 0.6) is 11.5 Å². The van der Waals surface area contributed by atoms with Gasteiger partial charge in [-0.3, -0.25) is 0 Å². The molecular formula is C14H16N2O3S. The molecule has 2 aromatic rings. The van der Waals surface area contributed by atoms with Crippen LogP contribution in [0.3, 0.4) is 0 Å². The third-order valence-electron chi connectivity index (χ3n) is 2.87. The van der Waals surface area contributed by atoms with Gasteiger partial charge in [0.25, 0.3) is 0 Å². The van der Waals surface area contributed by atoms with Crippen molar-refractivity contribution in [2.24, 2.45) is 5.14 Å². The molecule has 0 fully saturated rings. The minimum Gasteiger partial charge on any atom is -0.457 e. The number of hydrogen-bond donors (Lipinski definition) is 2. The Morgan fingerprint density at radius 2 is 1.85 bits per heavy atom. The molecule has 5 nitrogen and oxygen atoms in total. The van der Waals surface area contributed by atoms with Crippen molar-refractivity contribution in [3.8, 4) is 11.5 Å². The Morgan fingerprint density at radius 3 is 2.45 bits per heavy atom. The molecule has 0 unspecified atom stereocenters. The quantitative estimate of drug-likeness (QED) is 0.845. The summed E-state index contributed by atoms with van der Waals surface area (Å²) >= 11 is 0. The molecule has 6 heteroatoms. The van der Waals surface area contributed by atoms with Gasteiger partial charge < -0.3 is 10.5 Å². The fraction of sp³-hybridized carbons (Fsp3) is 0.143. The Labute approximate surface area is 118 Å². The van der Waals surface area contributed by atoms with E-state index in [2.05, 4.69) is 0 Å². The number of aryl methyl sites for hydroxylation is 1. The third kappa shape index (κ3) is 3.09. The van der Waals surface area contributed by atoms with Crippen molar-refractivity contribution in [2.45, 2.75) is 18.2 Å². The lowest BCUT2D eigenvalue weighted by Crippen LogP contribution is -2.14. The summed E-state index contributed by atoms with van der Waals surface area (Å²) in [5.74, 6) is 1.19. The highest BCUT2D eigenvalue weighted by Crippen LogP contribution is 2.29. The van der Waals surface area contributed by atoms with Crippen molar-refractivity contribution in [3.63, 3.8) is 0 Å². The maximum atomic E-state index is 11.3. The molecule has 4 N–H and O–H groups in total. The van der Waals surface area contributed by atoms with Crippen LogP contribution in [0.2, 0.25) is 0 Å². The SMILES string of the molecule is CCc1ccccc1Oc1ccc(S(N)(=O)=O)c(N)c1. The summed E-state index contributed by atoms with van der Waals surface area (Å²) in [7, 11) is -3.82. The lowest BCUT2D eigenvalue weighted by molar-refractivity contribution is 0.476. The van der Waals surface area contributed by atoms with Gasteiger partial charge in [-0.1, -0.05) is 25.1 Å². The minimum absolute atomic E-state index is 0.0685. The average Bonchev–Trinajstić information content (AvgIpc) is 2.38. The summed E-state index contributed by atoms with van der Waals surface area (Å²) < 4.78 is 28.3. The minimum atomic E-state index is -3.82. The molecule has 0 saturated heterocycles. The summed E-state index contributed by atoms with van der Waals surface area (Å²) in [6.45, 7) is 2.03. The van der Waals surface area contributed by atoms with E-state index in [0.717, 1.165) is 17.7 Å². The molecule has 2 aromatic carbocycles. The highest BCUT2D eigenvalue weighted by atomic mass is 32.2. The number of primary sulfonamides is 1. The maximum Gasteiger partial charge on any atom is 0.240 e. The van der Waals surface area contributed by atoms with E-state index in [1.807, 2.05) is 31.2 Å². The molecule has 0 amide bonds. The van der Waals surface area contributed by atoms with Crippen LogP contribution in [0.1, 0.15) is 12.5 Å². The second-order valence-electron chi connectivity index (χ2n) is 4.31. The molecule has 20 heavy (non-hydrogen) atoms. The molecule has 0 bridgehead atoms. The van der Waals surface area contributed by atoms with E-state index in [9.17, 15) is 8.42 Å². The van der Waals surface area contributed by atoms with Crippen molar-refractivity contribution in [1.82, 2.24) is 0 Å². The predicted molar refractivity (Wildman–Crippen MR) is 78.1 cm³/mol. The molecule has 0 aliphatic carbocycles. The zero-order valence-electron chi connectivity index (χ0n) is 11.0. The van der Waals surface area contributed by atoms with Crippen LogP contribution >= 0.6 is 0 Å². The lowest BCUT2D eigenvalue weighted by Gasteiger charge is -2.11. The van der Waals surface area contributed by atoms with Gasteiger partial charge in [0.05, 0.1) is 5.69 Å². The standard InChI is InChI=1S/C14H16N2O3S/c1-2-10-5-3-4-6-13(10)19-11-7-8-14(12(15)9-11)20(16,17)18/h3-9H,2,15H2,1H3,(H2,16,17,18). The van der Waals surface area contributed by atoms with Gasteiger partial charge in [0.2, 0.25) is 10.0 Å². The number of sulfonamides is 1. The Bertz CT molecular complexity index is 727. The molecular weight excluding hydrogens is 276 g/mol. The van der Waals surface area contributed by atoms with E-state index < -0.39 is 10.0 Å². The smallest absolute Gasteiger partial charge is 0.240 e. The van der Waals surface area contributed by atoms with Gasteiger partial charge in [-0.15, -0.1) is 0 Å². The first-order valence-electron chi connectivity index (χ1n) is 6.10. The van der Waals surface area contributed by atoms with Crippen LogP contribution in [-0.4, -0.2) is 8.42 Å². The number of hydrogen-bond acceptors (Lipinski definition) is 4. The van der Waals surface area contributed by atoms with Crippen LogP contribution in [0.4, 0.5) is 5.69 Å². The van der Waals surface area contributed by atoms with E-state index in [-0.39, 0.29) is 10.6 Å². The van der Waals surface area contributed by atoms with Gasteiger partial charge >= 0.3 is 0 Å². The van der Waals surface area contributed by atoms with Crippen molar-refractivity contribution >= 4 is 15.7 Å². The van der Waals surface area contributed by atoms with Gasteiger partial charge in [-0.25, -0.2) is 13.6 Å². The Morgan fingerprint density at radius 1 is 1.15 bits per heavy atom. The molecule has 0 atom stereocenters. The second kappa shape index (κ2) is 5.52. The first kappa shape index (κ1) is 14.4. The van der Waals surface area contributed by atoms with Crippen LogP contribution < -0.4 is 15.6 Å². The molecule has 0 aromatic heterocycles. The average molecular weight is 292 g/mol. The molecule has 2 rings (SSSR count). The monoisotopic (exact) mass is 292 g/mol. The van der Waals surface area contributed by atoms with E-state index in [4.69, 9.17) is 15.6 Å². The number of nitrogen functional groups attached to an aromatic ring is 1. The predicted octanol–water partition coefficient (Wildman–Crippen LogP) is 2.27. The number of anilines is 1. The number of para-hydroxylation sites is 1. The van der Waals surface area contributed by atoms with Gasteiger partial charge in [0.15, 0.2) is 0 Å². The third-order valence-corrected chi connectivity index (χ3v) is 3.85. The van der Waals surface area contributed by atoms with E-state index in [1.165, 1.54) is 18.2 Å². The zero-order valence-corrected chi connectivity index (χ0v) is 11.9. The number of benzene rings is 2. The molecule has 0 heterocycles. The van der Waals surface area contributed by atoms with E-state index >= 15 is 0 Å². The summed E-state index contributed by atoms with van der Waals surface area (Å²) in [5.41, 5.74) is 6.82. The Kier molecular flexibility index (Phi) is 3.96. The van der Waals surface area contributed by atoms with Crippen molar-refractivity contribution in [2.75, 3.05) is 5.73 Å². The Hall–Kier alpha value is -2.05. The molecule has 0 aliphatic rings. The van der Waals surface area contributed by atoms with Crippen molar-refractivity contribution < 1.29 is 13.2 Å². The van der Waals surface area contributed by atoms with Gasteiger partial charge in [-0.05, 0) is 30.2 Å². The van der Waals surface area contributed by atoms with Gasteiger partial charge in [-0.2, -0.15) is 0 Å². The summed E-state index contributed by atoms with van der Waals surface area (Å²) in [6, 6.07) is 11.9. The topological polar surface area (TPSA) is 95.4 Å². The zero-order chi connectivity index (χ0) is 14.8. The summed E-state index contributed by atoms with van der Waals surface area (Å²) in [5, 5.41) is 5.06. The lowest BCUT2D eigenvalue weighted by atomic mass is 10.1. The highest BCUT2D eigenvalue weighted by Gasteiger charge is 2.13. The van der Waals surface area contributed by atoms with Gasteiger partial charge in [0.1, 0.15) is 16.4 Å². The van der Waals surface area contributed by atoms with Crippen molar-refractivity contribution in [1.29, 1.82) is 0 Å². The number of nitrogens with two attached hydrogens (primary N) is 2. The summed E-state index contributed by atoms with van der Waals surface area (Å²) in [4.78, 5) is -0.103. The molecule has 0 radical (unpaired) electrons. The van der Waals surface area contributed by atoms with Crippen molar-refractivity contribution in [3.05, 3.63) is 48.0 Å². The fourth-order valence-electron chi connectivity index (χ4n) is 1.87. The van der Waals surface area contributed by atoms with Crippen LogP contribution in [0.25, 0.3) is 0 Å². The molecule has 0 aliphatic heterocycles. The molecule has 0 saturated carbocycles. The normalized spacial score (nSPS) is 11.3. The number of ether oxygens (including phenoxy) is 1. The van der Waals surface area contributed by atoms with Gasteiger partial charge in [0, 0.05) is 6.07 Å². The van der Waals surface area contributed by atoms with Crippen LogP contribution in [0, 0.1) is 0 Å². The first-order valence-corrected chi connectivity index (χ1v) is 7.64. The van der Waals surface area contributed by atoms with E-state index in [1.54, 1.807) is 0 Å². The molecule has 0 spiro atoms. The van der Waals surface area contributed by atoms with E-state index in [0.29, 0.717) is 5.75 Å². The summed E-state index contributed by atoms with van der Waals surface area (Å²) in [6.07, 6.45) is 0.834. The van der Waals surface area contributed by atoms with Crippen LogP contribution in [-0.2, 0) is 16.4 Å². The highest BCUT2D eigenvalue weighted by molar-refractivity contribution is 7.89.